The molecule has 0 radical (unpaired) electrons. The third kappa shape index (κ3) is 3.47. The fourth-order valence-corrected chi connectivity index (χ4v) is 1.04. The molecule has 0 aromatic carbocycles. The van der Waals surface area contributed by atoms with Gasteiger partial charge in [0.25, 0.3) is 0 Å². The quantitative estimate of drug-likeness (QED) is 0.796. The molecule has 3 nitrogen and oxygen atoms in total. The van der Waals surface area contributed by atoms with Crippen molar-refractivity contribution in [3.05, 3.63) is 23.9 Å². The van der Waals surface area contributed by atoms with Crippen LogP contribution in [0.5, 0.6) is 5.88 Å². The molecule has 1 heterocycles. The zero-order valence-electron chi connectivity index (χ0n) is 9.23. The summed E-state index contributed by atoms with van der Waals surface area (Å²) in [6, 6.07) is 3.60. The van der Waals surface area contributed by atoms with Crippen LogP contribution >= 0.6 is 12.2 Å². The molecule has 0 aliphatic rings. The lowest BCUT2D eigenvalue weighted by atomic mass is 10.1. The average Bonchev–Trinajstić information content (AvgIpc) is 2.18. The third-order valence-corrected chi connectivity index (χ3v) is 2.50. The van der Waals surface area contributed by atoms with Gasteiger partial charge in [0.2, 0.25) is 5.88 Å². The first-order chi connectivity index (χ1) is 7.00. The van der Waals surface area contributed by atoms with Gasteiger partial charge in [0.05, 0.1) is 6.10 Å². The van der Waals surface area contributed by atoms with E-state index < -0.39 is 0 Å². The first-order valence-corrected chi connectivity index (χ1v) is 5.34. The Morgan fingerprint density at radius 2 is 2.07 bits per heavy atom. The zero-order valence-corrected chi connectivity index (χ0v) is 10.0. The van der Waals surface area contributed by atoms with Gasteiger partial charge < -0.3 is 10.5 Å². The van der Waals surface area contributed by atoms with Gasteiger partial charge in [-0.25, -0.2) is 4.98 Å². The Labute approximate surface area is 95.7 Å². The minimum Gasteiger partial charge on any atom is -0.474 e. The van der Waals surface area contributed by atoms with Crippen LogP contribution < -0.4 is 10.5 Å². The summed E-state index contributed by atoms with van der Waals surface area (Å²) in [5.74, 6) is 1.07. The van der Waals surface area contributed by atoms with Crippen LogP contribution in [0.15, 0.2) is 18.3 Å². The van der Waals surface area contributed by atoms with Crippen molar-refractivity contribution in [2.24, 2.45) is 11.7 Å². The van der Waals surface area contributed by atoms with Crippen molar-refractivity contribution < 1.29 is 4.74 Å². The Balaban J connectivity index is 2.68. The fraction of sp³-hybridized carbons (Fsp3) is 0.455. The van der Waals surface area contributed by atoms with Crippen LogP contribution in [0.3, 0.4) is 0 Å². The smallest absolute Gasteiger partial charge is 0.213 e. The second-order valence-corrected chi connectivity index (χ2v) is 4.26. The highest BCUT2D eigenvalue weighted by molar-refractivity contribution is 7.80. The number of thiocarbonyl (C=S) groups is 1. The molecule has 2 N–H and O–H groups in total. The topological polar surface area (TPSA) is 48.1 Å². The van der Waals surface area contributed by atoms with E-state index >= 15 is 0 Å². The molecule has 0 spiro atoms. The van der Waals surface area contributed by atoms with Gasteiger partial charge in [-0.2, -0.15) is 0 Å². The van der Waals surface area contributed by atoms with E-state index in [1.807, 2.05) is 13.0 Å². The minimum absolute atomic E-state index is 0.146. The number of nitrogens with zero attached hydrogens (tertiary/aromatic N) is 1. The molecule has 4 heteroatoms. The maximum Gasteiger partial charge on any atom is 0.213 e. The van der Waals surface area contributed by atoms with E-state index in [1.54, 1.807) is 12.3 Å². The average molecular weight is 224 g/mol. The molecule has 0 aliphatic carbocycles. The van der Waals surface area contributed by atoms with Crippen LogP contribution in [0, 0.1) is 5.92 Å². The van der Waals surface area contributed by atoms with Crippen LogP contribution in [0.1, 0.15) is 26.3 Å². The summed E-state index contributed by atoms with van der Waals surface area (Å²) in [5, 5.41) is 0. The van der Waals surface area contributed by atoms with E-state index in [2.05, 4.69) is 18.8 Å². The largest absolute Gasteiger partial charge is 0.474 e. The molecule has 0 amide bonds. The third-order valence-electron chi connectivity index (χ3n) is 2.27. The maximum atomic E-state index is 5.62. The second kappa shape index (κ2) is 5.07. The molecule has 1 rings (SSSR count). The molecule has 1 aromatic heterocycles. The van der Waals surface area contributed by atoms with Crippen LogP contribution in [0.4, 0.5) is 0 Å². The number of aromatic nitrogens is 1. The number of hydrogen-bond acceptors (Lipinski definition) is 3. The molecule has 0 aliphatic heterocycles. The van der Waals surface area contributed by atoms with Crippen molar-refractivity contribution >= 4 is 17.2 Å². The molecule has 0 saturated carbocycles. The number of nitrogens with two attached hydrogens (primary N) is 1. The Morgan fingerprint density at radius 1 is 1.40 bits per heavy atom. The first kappa shape index (κ1) is 11.9. The highest BCUT2D eigenvalue weighted by Gasteiger charge is 2.09. The van der Waals surface area contributed by atoms with Gasteiger partial charge in [-0.3, -0.25) is 0 Å². The molecule has 1 unspecified atom stereocenters. The molecular formula is C11H16N2OS. The predicted molar refractivity (Wildman–Crippen MR) is 65.1 cm³/mol. The van der Waals surface area contributed by atoms with E-state index in [4.69, 9.17) is 22.7 Å². The zero-order chi connectivity index (χ0) is 11.4. The van der Waals surface area contributed by atoms with Crippen molar-refractivity contribution in [1.82, 2.24) is 4.98 Å². The summed E-state index contributed by atoms with van der Waals surface area (Å²) < 4.78 is 5.62. The SMILES string of the molecule is CC(C)C(C)Oc1ccc(C(N)=S)cn1. The van der Waals surface area contributed by atoms with Crippen LogP contribution in [-0.2, 0) is 0 Å². The summed E-state index contributed by atoms with van der Waals surface area (Å²) >= 11 is 4.83. The minimum atomic E-state index is 0.146. The van der Waals surface area contributed by atoms with Crippen molar-refractivity contribution in [3.8, 4) is 5.88 Å². The fourth-order valence-electron chi connectivity index (χ4n) is 0.922. The summed E-state index contributed by atoms with van der Waals surface area (Å²) in [4.78, 5) is 4.49. The number of ether oxygens (including phenoxy) is 1. The van der Waals surface area contributed by atoms with Gasteiger partial charge in [0.15, 0.2) is 0 Å². The van der Waals surface area contributed by atoms with E-state index in [1.165, 1.54) is 0 Å². The van der Waals surface area contributed by atoms with E-state index in [-0.39, 0.29) is 6.10 Å². The summed E-state index contributed by atoms with van der Waals surface area (Å²) in [5.41, 5.74) is 6.22. The summed E-state index contributed by atoms with van der Waals surface area (Å²) in [6.07, 6.45) is 1.78. The number of rotatable bonds is 4. The standard InChI is InChI=1S/C11H16N2OS/c1-7(2)8(3)14-10-5-4-9(6-13-10)11(12)15/h4-8H,1-3H3,(H2,12,15). The highest BCUT2D eigenvalue weighted by atomic mass is 32.1. The maximum absolute atomic E-state index is 5.62. The van der Waals surface area contributed by atoms with E-state index in [0.29, 0.717) is 16.8 Å². The van der Waals surface area contributed by atoms with Gasteiger partial charge in [-0.15, -0.1) is 0 Å². The number of hydrogen-bond donors (Lipinski definition) is 1. The summed E-state index contributed by atoms with van der Waals surface area (Å²) in [6.45, 7) is 6.23. The normalized spacial score (nSPS) is 12.5. The lowest BCUT2D eigenvalue weighted by molar-refractivity contribution is 0.163. The van der Waals surface area contributed by atoms with E-state index in [0.717, 1.165) is 5.56 Å². The van der Waals surface area contributed by atoms with Gasteiger partial charge in [0.1, 0.15) is 4.99 Å². The van der Waals surface area contributed by atoms with Crippen molar-refractivity contribution in [2.45, 2.75) is 26.9 Å². The Morgan fingerprint density at radius 3 is 2.47 bits per heavy atom. The Kier molecular flexibility index (Phi) is 4.03. The molecule has 0 bridgehead atoms. The highest BCUT2D eigenvalue weighted by Crippen LogP contribution is 2.13. The van der Waals surface area contributed by atoms with Crippen LogP contribution in [0.2, 0.25) is 0 Å². The Bertz CT molecular complexity index is 335. The lowest BCUT2D eigenvalue weighted by Gasteiger charge is -2.17. The monoisotopic (exact) mass is 224 g/mol. The van der Waals surface area contributed by atoms with Crippen molar-refractivity contribution in [2.75, 3.05) is 0 Å². The molecule has 1 aromatic rings. The molecule has 0 saturated heterocycles. The van der Waals surface area contributed by atoms with Gasteiger partial charge in [-0.1, -0.05) is 26.1 Å². The van der Waals surface area contributed by atoms with E-state index in [9.17, 15) is 0 Å². The van der Waals surface area contributed by atoms with Crippen molar-refractivity contribution in [3.63, 3.8) is 0 Å². The molecule has 1 atom stereocenters. The van der Waals surface area contributed by atoms with Crippen LogP contribution in [0.25, 0.3) is 0 Å². The molecule has 0 fully saturated rings. The van der Waals surface area contributed by atoms with Gasteiger partial charge in [-0.05, 0) is 18.9 Å². The summed E-state index contributed by atoms with van der Waals surface area (Å²) in [7, 11) is 0. The van der Waals surface area contributed by atoms with Crippen molar-refractivity contribution in [1.29, 1.82) is 0 Å². The lowest BCUT2D eigenvalue weighted by Crippen LogP contribution is -2.19. The second-order valence-electron chi connectivity index (χ2n) is 3.82. The predicted octanol–water partition coefficient (Wildman–Crippen LogP) is 2.14. The molecule has 15 heavy (non-hydrogen) atoms. The first-order valence-electron chi connectivity index (χ1n) is 4.93. The molecule has 82 valence electrons. The number of pyridine rings is 1. The van der Waals surface area contributed by atoms with Gasteiger partial charge in [0, 0.05) is 17.8 Å². The Hall–Kier alpha value is -1.16. The van der Waals surface area contributed by atoms with Crippen LogP contribution in [-0.4, -0.2) is 16.1 Å². The molecular weight excluding hydrogens is 208 g/mol. The van der Waals surface area contributed by atoms with Gasteiger partial charge >= 0.3 is 0 Å².